The van der Waals surface area contributed by atoms with E-state index in [0.717, 1.165) is 29.3 Å². The van der Waals surface area contributed by atoms with Crippen LogP contribution in [0.2, 0.25) is 0 Å². The second-order valence-electron chi connectivity index (χ2n) is 6.35. The van der Waals surface area contributed by atoms with Crippen LogP contribution in [0.4, 0.5) is 5.82 Å². The summed E-state index contributed by atoms with van der Waals surface area (Å²) in [7, 11) is 0. The standard InChI is InChI=1S/C18H22IN5O2/c1-3-13(11(2)19)22-18(26)12-10-20-24-9-8-16(23-17(12)24)21-14-6-4-5-7-15(14)25/h3,8-10,14-15,25H,1,4-7H2,2H3,(H,21,23)(H,22,26)/b13-11-/t14-,15+/m1/s1. The Labute approximate surface area is 165 Å². The van der Waals surface area contributed by atoms with Crippen molar-refractivity contribution in [2.75, 3.05) is 5.32 Å². The summed E-state index contributed by atoms with van der Waals surface area (Å²) in [4.78, 5) is 17.1. The highest BCUT2D eigenvalue weighted by molar-refractivity contribution is 14.1. The van der Waals surface area contributed by atoms with Crippen molar-refractivity contribution in [2.45, 2.75) is 44.8 Å². The third-order valence-corrected chi connectivity index (χ3v) is 5.08. The van der Waals surface area contributed by atoms with Gasteiger partial charge in [-0.05, 0) is 54.5 Å². The molecule has 2 heterocycles. The largest absolute Gasteiger partial charge is 0.391 e. The number of fused-ring (bicyclic) bond motifs is 1. The average molecular weight is 467 g/mol. The molecule has 3 N–H and O–H groups in total. The van der Waals surface area contributed by atoms with Crippen LogP contribution in [0.5, 0.6) is 0 Å². The Morgan fingerprint density at radius 3 is 2.92 bits per heavy atom. The second kappa shape index (κ2) is 8.17. The number of amides is 1. The quantitative estimate of drug-likeness (QED) is 0.465. The summed E-state index contributed by atoms with van der Waals surface area (Å²) in [6.07, 6.45) is 8.33. The van der Waals surface area contributed by atoms with E-state index in [1.54, 1.807) is 22.9 Å². The molecule has 2 aromatic rings. The van der Waals surface area contributed by atoms with Crippen LogP contribution in [0.1, 0.15) is 43.0 Å². The Morgan fingerprint density at radius 1 is 1.46 bits per heavy atom. The van der Waals surface area contributed by atoms with Crippen molar-refractivity contribution < 1.29 is 9.90 Å². The van der Waals surface area contributed by atoms with Crippen LogP contribution >= 0.6 is 22.6 Å². The maximum absolute atomic E-state index is 12.6. The van der Waals surface area contributed by atoms with Gasteiger partial charge in [0.1, 0.15) is 11.4 Å². The van der Waals surface area contributed by atoms with E-state index >= 15 is 0 Å². The topological polar surface area (TPSA) is 91.6 Å². The van der Waals surface area contributed by atoms with Gasteiger partial charge in [0.05, 0.1) is 18.3 Å². The molecule has 0 aromatic carbocycles. The van der Waals surface area contributed by atoms with Gasteiger partial charge < -0.3 is 15.7 Å². The molecule has 3 rings (SSSR count). The molecule has 1 fully saturated rings. The maximum Gasteiger partial charge on any atom is 0.261 e. The van der Waals surface area contributed by atoms with Gasteiger partial charge in [0.15, 0.2) is 5.65 Å². The molecule has 1 aliphatic rings. The summed E-state index contributed by atoms with van der Waals surface area (Å²) in [5.74, 6) is 0.343. The zero-order valence-corrected chi connectivity index (χ0v) is 16.7. The van der Waals surface area contributed by atoms with Gasteiger partial charge in [-0.2, -0.15) is 5.10 Å². The number of allylic oxidation sites excluding steroid dienone is 2. The smallest absolute Gasteiger partial charge is 0.261 e. The predicted molar refractivity (Wildman–Crippen MR) is 109 cm³/mol. The minimum absolute atomic E-state index is 0.0177. The number of carbonyl (C=O) groups excluding carboxylic acids is 1. The lowest BCUT2D eigenvalue weighted by molar-refractivity contribution is 0.0968. The van der Waals surface area contributed by atoms with Gasteiger partial charge in [-0.25, -0.2) is 9.50 Å². The Balaban J connectivity index is 1.85. The SMILES string of the molecule is C=C/C(NC(=O)c1cnn2ccc(N[C@@H]3CCCC[C@@H]3O)nc12)=C(\C)I. The van der Waals surface area contributed by atoms with Gasteiger partial charge in [-0.1, -0.05) is 19.4 Å². The molecule has 2 aromatic heterocycles. The molecule has 0 radical (unpaired) electrons. The van der Waals surface area contributed by atoms with Gasteiger partial charge in [-0.3, -0.25) is 4.79 Å². The number of nitrogens with one attached hydrogen (secondary N) is 2. The zero-order valence-electron chi connectivity index (χ0n) is 14.6. The molecule has 8 heteroatoms. The van der Waals surface area contributed by atoms with Crippen LogP contribution in [0, 0.1) is 0 Å². The van der Waals surface area contributed by atoms with E-state index in [1.165, 1.54) is 6.20 Å². The summed E-state index contributed by atoms with van der Waals surface area (Å²) in [5.41, 5.74) is 1.51. The highest BCUT2D eigenvalue weighted by atomic mass is 127. The first-order valence-corrected chi connectivity index (χ1v) is 9.66. The fourth-order valence-corrected chi connectivity index (χ4v) is 3.40. The van der Waals surface area contributed by atoms with Crippen LogP contribution in [0.3, 0.4) is 0 Å². The molecule has 0 spiro atoms. The summed E-state index contributed by atoms with van der Waals surface area (Å²) in [5, 5.41) is 20.4. The van der Waals surface area contributed by atoms with E-state index in [4.69, 9.17) is 0 Å². The molecule has 1 aliphatic carbocycles. The average Bonchev–Trinajstić information content (AvgIpc) is 3.04. The van der Waals surface area contributed by atoms with E-state index < -0.39 is 0 Å². The molecule has 26 heavy (non-hydrogen) atoms. The Kier molecular flexibility index (Phi) is 5.92. The summed E-state index contributed by atoms with van der Waals surface area (Å²) in [6.45, 7) is 5.61. The van der Waals surface area contributed by atoms with Crippen molar-refractivity contribution in [3.05, 3.63) is 46.0 Å². The molecule has 7 nitrogen and oxygen atoms in total. The highest BCUT2D eigenvalue weighted by Gasteiger charge is 2.23. The summed E-state index contributed by atoms with van der Waals surface area (Å²) < 4.78 is 2.50. The van der Waals surface area contributed by atoms with E-state index in [1.807, 2.05) is 6.92 Å². The Bertz CT molecular complexity index is 856. The van der Waals surface area contributed by atoms with E-state index in [0.29, 0.717) is 22.7 Å². The fourth-order valence-electron chi connectivity index (χ4n) is 3.05. The number of aromatic nitrogens is 3. The molecular formula is C18H22IN5O2. The summed E-state index contributed by atoms with van der Waals surface area (Å²) in [6, 6.07) is 1.78. The number of carbonyl (C=O) groups is 1. The number of nitrogens with zero attached hydrogens (tertiary/aromatic N) is 3. The lowest BCUT2D eigenvalue weighted by Crippen LogP contribution is -2.36. The third kappa shape index (κ3) is 4.07. The number of hydrogen-bond acceptors (Lipinski definition) is 5. The van der Waals surface area contributed by atoms with Crippen molar-refractivity contribution in [2.24, 2.45) is 0 Å². The first kappa shape index (κ1) is 18.8. The number of halogens is 1. The number of hydrogen-bond donors (Lipinski definition) is 3. The zero-order chi connectivity index (χ0) is 18.7. The first-order chi connectivity index (χ1) is 12.5. The molecule has 1 amide bonds. The Morgan fingerprint density at radius 2 is 2.23 bits per heavy atom. The highest BCUT2D eigenvalue weighted by Crippen LogP contribution is 2.22. The molecule has 0 saturated heterocycles. The predicted octanol–water partition coefficient (Wildman–Crippen LogP) is 3.03. The number of aliphatic hydroxyl groups excluding tert-OH is 1. The van der Waals surface area contributed by atoms with E-state index in [9.17, 15) is 9.90 Å². The van der Waals surface area contributed by atoms with Gasteiger partial charge >= 0.3 is 0 Å². The van der Waals surface area contributed by atoms with Gasteiger partial charge in [0.2, 0.25) is 0 Å². The first-order valence-electron chi connectivity index (χ1n) is 8.58. The van der Waals surface area contributed by atoms with Crippen LogP contribution in [0.25, 0.3) is 5.65 Å². The molecule has 138 valence electrons. The summed E-state index contributed by atoms with van der Waals surface area (Å²) >= 11 is 2.14. The maximum atomic E-state index is 12.6. The lowest BCUT2D eigenvalue weighted by Gasteiger charge is -2.28. The van der Waals surface area contributed by atoms with Crippen molar-refractivity contribution >= 4 is 40.0 Å². The molecule has 0 bridgehead atoms. The van der Waals surface area contributed by atoms with Gasteiger partial charge in [-0.15, -0.1) is 0 Å². The minimum atomic E-state index is -0.374. The molecular weight excluding hydrogens is 445 g/mol. The van der Waals surface area contributed by atoms with E-state index in [-0.39, 0.29) is 18.1 Å². The van der Waals surface area contributed by atoms with Crippen molar-refractivity contribution in [3.63, 3.8) is 0 Å². The number of anilines is 1. The van der Waals surface area contributed by atoms with Crippen molar-refractivity contribution in [1.82, 2.24) is 19.9 Å². The van der Waals surface area contributed by atoms with Gasteiger partial charge in [0, 0.05) is 15.5 Å². The van der Waals surface area contributed by atoms with Gasteiger partial charge in [0.25, 0.3) is 5.91 Å². The minimum Gasteiger partial charge on any atom is -0.391 e. The van der Waals surface area contributed by atoms with Crippen LogP contribution in [-0.4, -0.2) is 37.8 Å². The lowest BCUT2D eigenvalue weighted by atomic mass is 9.93. The molecule has 1 saturated carbocycles. The fraction of sp³-hybridized carbons (Fsp3) is 0.389. The number of aliphatic hydroxyl groups is 1. The normalized spacial score (nSPS) is 21.2. The van der Waals surface area contributed by atoms with Crippen LogP contribution in [0.15, 0.2) is 40.4 Å². The Hall–Kier alpha value is -1.94. The van der Waals surface area contributed by atoms with Crippen LogP contribution < -0.4 is 10.6 Å². The van der Waals surface area contributed by atoms with Crippen molar-refractivity contribution in [3.8, 4) is 0 Å². The van der Waals surface area contributed by atoms with Crippen LogP contribution in [-0.2, 0) is 0 Å². The third-order valence-electron chi connectivity index (χ3n) is 4.50. The van der Waals surface area contributed by atoms with Crippen molar-refractivity contribution in [1.29, 1.82) is 0 Å². The molecule has 2 atom stereocenters. The molecule has 0 unspecified atom stereocenters. The monoisotopic (exact) mass is 467 g/mol. The molecule has 0 aliphatic heterocycles. The van der Waals surface area contributed by atoms with E-state index in [2.05, 4.69) is 49.9 Å². The number of rotatable bonds is 5. The second-order valence-corrected chi connectivity index (χ2v) is 7.97.